The Labute approximate surface area is 123 Å². The van der Waals surface area contributed by atoms with Crippen LogP contribution < -0.4 is 4.74 Å². The molecule has 1 aromatic rings. The van der Waals surface area contributed by atoms with E-state index < -0.39 is 0 Å². The molecular formula is C15H20BrNO2. The number of benzene rings is 1. The van der Waals surface area contributed by atoms with Crippen molar-refractivity contribution >= 4 is 21.8 Å². The Morgan fingerprint density at radius 1 is 1.42 bits per heavy atom. The fraction of sp³-hybridized carbons (Fsp3) is 0.533. The second-order valence-electron chi connectivity index (χ2n) is 4.86. The molecule has 0 saturated heterocycles. The third kappa shape index (κ3) is 3.50. The van der Waals surface area contributed by atoms with Crippen LogP contribution in [0.1, 0.15) is 36.0 Å². The Kier molecular flexibility index (Phi) is 5.25. The molecule has 1 saturated carbocycles. The first-order valence-electron chi connectivity index (χ1n) is 6.77. The highest BCUT2D eigenvalue weighted by Crippen LogP contribution is 2.25. The van der Waals surface area contributed by atoms with Crippen LogP contribution in [0.25, 0.3) is 0 Å². The molecule has 2 rings (SSSR count). The molecular weight excluding hydrogens is 306 g/mol. The van der Waals surface area contributed by atoms with Gasteiger partial charge in [0.05, 0.1) is 7.11 Å². The van der Waals surface area contributed by atoms with Crippen LogP contribution in [0.5, 0.6) is 5.75 Å². The summed E-state index contributed by atoms with van der Waals surface area (Å²) in [7, 11) is 1.62. The number of methoxy groups -OCH3 is 1. The molecule has 104 valence electrons. The zero-order valence-corrected chi connectivity index (χ0v) is 12.9. The zero-order valence-electron chi connectivity index (χ0n) is 11.3. The highest BCUT2D eigenvalue weighted by molar-refractivity contribution is 9.09. The van der Waals surface area contributed by atoms with E-state index in [-0.39, 0.29) is 5.91 Å². The minimum absolute atomic E-state index is 0.116. The summed E-state index contributed by atoms with van der Waals surface area (Å²) in [4.78, 5) is 14.6. The normalized spacial score (nSPS) is 15.5. The van der Waals surface area contributed by atoms with Crippen molar-refractivity contribution in [1.82, 2.24) is 4.90 Å². The van der Waals surface area contributed by atoms with Crippen LogP contribution in [-0.4, -0.2) is 35.8 Å². The molecule has 3 nitrogen and oxygen atoms in total. The molecule has 0 unspecified atom stereocenters. The Morgan fingerprint density at radius 2 is 2.16 bits per heavy atom. The van der Waals surface area contributed by atoms with Gasteiger partial charge in [0.25, 0.3) is 5.91 Å². The van der Waals surface area contributed by atoms with Gasteiger partial charge in [0.15, 0.2) is 0 Å². The van der Waals surface area contributed by atoms with Gasteiger partial charge in [-0.1, -0.05) is 34.8 Å². The second kappa shape index (κ2) is 6.94. The van der Waals surface area contributed by atoms with E-state index in [2.05, 4.69) is 15.9 Å². The second-order valence-corrected chi connectivity index (χ2v) is 5.65. The Morgan fingerprint density at radius 3 is 2.79 bits per heavy atom. The number of halogens is 1. The van der Waals surface area contributed by atoms with Crippen LogP contribution in [0.4, 0.5) is 0 Å². The first-order chi connectivity index (χ1) is 9.26. The van der Waals surface area contributed by atoms with Gasteiger partial charge in [-0.3, -0.25) is 4.79 Å². The lowest BCUT2D eigenvalue weighted by molar-refractivity contribution is 0.0696. The SMILES string of the molecule is COc1cccc(C(=O)N(CCBr)C2CCCC2)c1. The van der Waals surface area contributed by atoms with E-state index in [0.717, 1.165) is 30.5 Å². The summed E-state index contributed by atoms with van der Waals surface area (Å²) in [5.74, 6) is 0.848. The van der Waals surface area contributed by atoms with Crippen LogP contribution in [0, 0.1) is 0 Å². The molecule has 0 bridgehead atoms. The minimum atomic E-state index is 0.116. The van der Waals surface area contributed by atoms with Gasteiger partial charge in [-0.15, -0.1) is 0 Å². The molecule has 1 fully saturated rings. The smallest absolute Gasteiger partial charge is 0.254 e. The summed E-state index contributed by atoms with van der Waals surface area (Å²) in [6, 6.07) is 7.81. The van der Waals surface area contributed by atoms with Gasteiger partial charge in [-0.05, 0) is 31.0 Å². The van der Waals surface area contributed by atoms with Gasteiger partial charge in [-0.2, -0.15) is 0 Å². The molecule has 1 aliphatic carbocycles. The predicted octanol–water partition coefficient (Wildman–Crippen LogP) is 3.47. The maximum atomic E-state index is 12.6. The molecule has 19 heavy (non-hydrogen) atoms. The highest BCUT2D eigenvalue weighted by Gasteiger charge is 2.26. The van der Waals surface area contributed by atoms with E-state index in [9.17, 15) is 4.79 Å². The standard InChI is InChI=1S/C15H20BrNO2/c1-19-14-8-4-5-12(11-14)15(18)17(10-9-16)13-6-2-3-7-13/h4-5,8,11,13H,2-3,6-7,9-10H2,1H3. The number of hydrogen-bond acceptors (Lipinski definition) is 2. The Bertz CT molecular complexity index is 430. The highest BCUT2D eigenvalue weighted by atomic mass is 79.9. The molecule has 0 radical (unpaired) electrons. The van der Waals surface area contributed by atoms with Crippen LogP contribution >= 0.6 is 15.9 Å². The van der Waals surface area contributed by atoms with E-state index in [1.165, 1.54) is 12.8 Å². The number of carbonyl (C=O) groups is 1. The minimum Gasteiger partial charge on any atom is -0.497 e. The lowest BCUT2D eigenvalue weighted by Crippen LogP contribution is -2.40. The summed E-state index contributed by atoms with van der Waals surface area (Å²) >= 11 is 3.45. The van der Waals surface area contributed by atoms with Crippen LogP contribution in [-0.2, 0) is 0 Å². The van der Waals surface area contributed by atoms with E-state index in [0.29, 0.717) is 11.6 Å². The lowest BCUT2D eigenvalue weighted by Gasteiger charge is -2.28. The van der Waals surface area contributed by atoms with E-state index in [1.54, 1.807) is 7.11 Å². The van der Waals surface area contributed by atoms with Gasteiger partial charge in [0.2, 0.25) is 0 Å². The van der Waals surface area contributed by atoms with Crippen molar-refractivity contribution in [3.63, 3.8) is 0 Å². The Hall–Kier alpha value is -1.03. The number of ether oxygens (including phenoxy) is 1. The van der Waals surface area contributed by atoms with Gasteiger partial charge in [0, 0.05) is 23.5 Å². The van der Waals surface area contributed by atoms with Gasteiger partial charge in [0.1, 0.15) is 5.75 Å². The third-order valence-electron chi connectivity index (χ3n) is 3.67. The third-order valence-corrected chi connectivity index (χ3v) is 4.02. The van der Waals surface area contributed by atoms with E-state index in [4.69, 9.17) is 4.74 Å². The summed E-state index contributed by atoms with van der Waals surface area (Å²) in [6.45, 7) is 0.765. The number of carbonyl (C=O) groups excluding carboxylic acids is 1. The van der Waals surface area contributed by atoms with Crippen molar-refractivity contribution in [2.75, 3.05) is 19.0 Å². The summed E-state index contributed by atoms with van der Waals surface area (Å²) in [6.07, 6.45) is 4.72. The number of amides is 1. The van der Waals surface area contributed by atoms with Crippen molar-refractivity contribution in [2.45, 2.75) is 31.7 Å². The Balaban J connectivity index is 2.17. The molecule has 0 N–H and O–H groups in total. The number of hydrogen-bond donors (Lipinski definition) is 0. The molecule has 1 amide bonds. The first-order valence-corrected chi connectivity index (χ1v) is 7.89. The van der Waals surface area contributed by atoms with Gasteiger partial charge >= 0.3 is 0 Å². The first kappa shape index (κ1) is 14.4. The van der Waals surface area contributed by atoms with Crippen LogP contribution in [0.3, 0.4) is 0 Å². The van der Waals surface area contributed by atoms with Gasteiger partial charge in [-0.25, -0.2) is 0 Å². The van der Waals surface area contributed by atoms with Crippen molar-refractivity contribution in [2.24, 2.45) is 0 Å². The van der Waals surface area contributed by atoms with Crippen molar-refractivity contribution in [3.05, 3.63) is 29.8 Å². The van der Waals surface area contributed by atoms with E-state index >= 15 is 0 Å². The number of nitrogens with zero attached hydrogens (tertiary/aromatic N) is 1. The molecule has 0 heterocycles. The quantitative estimate of drug-likeness (QED) is 0.776. The van der Waals surface area contributed by atoms with E-state index in [1.807, 2.05) is 29.2 Å². The molecule has 4 heteroatoms. The summed E-state index contributed by atoms with van der Waals surface area (Å²) in [5.41, 5.74) is 0.715. The molecule has 0 aromatic heterocycles. The fourth-order valence-corrected chi connectivity index (χ4v) is 3.06. The molecule has 0 atom stereocenters. The monoisotopic (exact) mass is 325 g/mol. The van der Waals surface area contributed by atoms with Crippen LogP contribution in [0.2, 0.25) is 0 Å². The maximum absolute atomic E-state index is 12.6. The largest absolute Gasteiger partial charge is 0.497 e. The number of rotatable bonds is 5. The van der Waals surface area contributed by atoms with Gasteiger partial charge < -0.3 is 9.64 Å². The summed E-state index contributed by atoms with van der Waals surface area (Å²) < 4.78 is 5.19. The predicted molar refractivity (Wildman–Crippen MR) is 80.1 cm³/mol. The number of alkyl halides is 1. The van der Waals surface area contributed by atoms with Crippen LogP contribution in [0.15, 0.2) is 24.3 Å². The lowest BCUT2D eigenvalue weighted by atomic mass is 10.1. The van der Waals surface area contributed by atoms with Crippen molar-refractivity contribution in [3.8, 4) is 5.75 Å². The molecule has 1 aliphatic rings. The van der Waals surface area contributed by atoms with Crippen molar-refractivity contribution < 1.29 is 9.53 Å². The zero-order chi connectivity index (χ0) is 13.7. The maximum Gasteiger partial charge on any atom is 0.254 e. The molecule has 0 spiro atoms. The topological polar surface area (TPSA) is 29.5 Å². The average molecular weight is 326 g/mol. The van der Waals surface area contributed by atoms with Crippen molar-refractivity contribution in [1.29, 1.82) is 0 Å². The fourth-order valence-electron chi connectivity index (χ4n) is 2.68. The molecule has 0 aliphatic heterocycles. The molecule has 1 aromatic carbocycles. The summed E-state index contributed by atoms with van der Waals surface area (Å²) in [5, 5.41) is 0.819. The average Bonchev–Trinajstić information content (AvgIpc) is 2.98.